The van der Waals surface area contributed by atoms with Crippen LogP contribution in [0.1, 0.15) is 19.3 Å². The van der Waals surface area contributed by atoms with Crippen molar-refractivity contribution in [2.45, 2.75) is 19.3 Å². The Bertz CT molecular complexity index is 657. The zero-order valence-corrected chi connectivity index (χ0v) is 11.3. The zero-order valence-electron chi connectivity index (χ0n) is 11.3. The normalized spacial score (nSPS) is 23.9. The quantitative estimate of drug-likeness (QED) is 0.780. The zero-order chi connectivity index (χ0) is 13.6. The molecule has 1 saturated heterocycles. The van der Waals surface area contributed by atoms with Gasteiger partial charge in [0.1, 0.15) is 0 Å². The molecule has 2 aliphatic rings. The number of hydrogen-bond acceptors (Lipinski definition) is 3. The van der Waals surface area contributed by atoms with Crippen molar-refractivity contribution in [2.75, 3.05) is 18.4 Å². The van der Waals surface area contributed by atoms with Gasteiger partial charge in [-0.25, -0.2) is 0 Å². The topological polar surface area (TPSA) is 69.8 Å². The molecular weight excluding hydrogens is 252 g/mol. The predicted molar refractivity (Wildman–Crippen MR) is 77.4 cm³/mol. The van der Waals surface area contributed by atoms with Gasteiger partial charge in [0.05, 0.1) is 11.7 Å². The number of anilines is 1. The molecule has 2 fully saturated rings. The minimum Gasteiger partial charge on any atom is -0.326 e. The van der Waals surface area contributed by atoms with Crippen molar-refractivity contribution < 1.29 is 4.79 Å². The molecule has 2 aromatic rings. The number of nitrogens with zero attached hydrogens (tertiary/aromatic N) is 1. The van der Waals surface area contributed by atoms with Crippen LogP contribution in [0, 0.1) is 11.3 Å². The van der Waals surface area contributed by atoms with Gasteiger partial charge in [0, 0.05) is 17.0 Å². The summed E-state index contributed by atoms with van der Waals surface area (Å²) in [7, 11) is 0. The number of H-pyrrole nitrogens is 1. The van der Waals surface area contributed by atoms with Crippen LogP contribution in [0.25, 0.3) is 10.9 Å². The van der Waals surface area contributed by atoms with Gasteiger partial charge in [-0.05, 0) is 56.0 Å². The van der Waals surface area contributed by atoms with E-state index < -0.39 is 0 Å². The molecule has 20 heavy (non-hydrogen) atoms. The van der Waals surface area contributed by atoms with Gasteiger partial charge >= 0.3 is 0 Å². The Balaban J connectivity index is 1.47. The molecule has 104 valence electrons. The number of carbonyl (C=O) groups is 1. The lowest BCUT2D eigenvalue weighted by Gasteiger charge is -2.23. The van der Waals surface area contributed by atoms with E-state index in [0.29, 0.717) is 0 Å². The maximum Gasteiger partial charge on any atom is 0.228 e. The van der Waals surface area contributed by atoms with Gasteiger partial charge in [-0.2, -0.15) is 5.10 Å². The summed E-state index contributed by atoms with van der Waals surface area (Å²) in [6.45, 7) is 2.09. The smallest absolute Gasteiger partial charge is 0.228 e. The molecule has 0 radical (unpaired) electrons. The van der Waals surface area contributed by atoms with Crippen molar-refractivity contribution in [3.8, 4) is 0 Å². The Morgan fingerprint density at radius 3 is 3.05 bits per heavy atom. The van der Waals surface area contributed by atoms with Crippen molar-refractivity contribution >= 4 is 22.5 Å². The number of hydrogen-bond donors (Lipinski definition) is 3. The van der Waals surface area contributed by atoms with Crippen molar-refractivity contribution in [3.63, 3.8) is 0 Å². The Hall–Kier alpha value is -1.88. The number of fused-ring (bicyclic) bond motifs is 1. The first-order valence-electron chi connectivity index (χ1n) is 7.22. The summed E-state index contributed by atoms with van der Waals surface area (Å²) in [6, 6.07) is 5.84. The van der Waals surface area contributed by atoms with E-state index in [1.165, 1.54) is 0 Å². The standard InChI is InChI=1S/C15H18N4O/c20-14(12-8-15(12)3-5-16-6-4-15)18-11-1-2-13-10(7-11)9-17-19-13/h1-2,7,9,12,16H,3-6,8H2,(H,17,19)(H,18,20). The lowest BCUT2D eigenvalue weighted by Crippen LogP contribution is -2.31. The maximum absolute atomic E-state index is 12.4. The van der Waals surface area contributed by atoms with Crippen molar-refractivity contribution in [1.29, 1.82) is 0 Å². The Morgan fingerprint density at radius 1 is 1.35 bits per heavy atom. The van der Waals surface area contributed by atoms with Gasteiger partial charge in [-0.15, -0.1) is 0 Å². The number of nitrogens with one attached hydrogen (secondary N) is 3. The second kappa shape index (κ2) is 4.31. The van der Waals surface area contributed by atoms with E-state index in [4.69, 9.17) is 0 Å². The summed E-state index contributed by atoms with van der Waals surface area (Å²) in [6.07, 6.45) is 5.09. The fraction of sp³-hybridized carbons (Fsp3) is 0.467. The Morgan fingerprint density at radius 2 is 2.20 bits per heavy atom. The number of benzene rings is 1. The summed E-state index contributed by atoms with van der Waals surface area (Å²) >= 11 is 0. The Kier molecular flexibility index (Phi) is 2.57. The van der Waals surface area contributed by atoms with Crippen molar-refractivity contribution in [2.24, 2.45) is 11.3 Å². The number of aromatic amines is 1. The molecule has 5 nitrogen and oxygen atoms in total. The van der Waals surface area contributed by atoms with Gasteiger partial charge in [-0.1, -0.05) is 0 Å². The average Bonchev–Trinajstić information content (AvgIpc) is 2.96. The summed E-state index contributed by atoms with van der Waals surface area (Å²) < 4.78 is 0. The lowest BCUT2D eigenvalue weighted by atomic mass is 9.92. The van der Waals surface area contributed by atoms with Gasteiger partial charge in [0.2, 0.25) is 5.91 Å². The van der Waals surface area contributed by atoms with Gasteiger partial charge < -0.3 is 10.6 Å². The molecule has 3 N–H and O–H groups in total. The second-order valence-electron chi connectivity index (χ2n) is 6.03. The molecule has 1 unspecified atom stereocenters. The first kappa shape index (κ1) is 11.9. The third kappa shape index (κ3) is 1.89. The molecule has 1 aliphatic carbocycles. The highest BCUT2D eigenvalue weighted by molar-refractivity contribution is 5.97. The summed E-state index contributed by atoms with van der Waals surface area (Å²) in [4.78, 5) is 12.4. The molecule has 5 heteroatoms. The highest BCUT2D eigenvalue weighted by atomic mass is 16.2. The average molecular weight is 270 g/mol. The second-order valence-corrected chi connectivity index (χ2v) is 6.03. The highest BCUT2D eigenvalue weighted by Gasteiger charge is 2.57. The van der Waals surface area contributed by atoms with E-state index in [-0.39, 0.29) is 17.2 Å². The molecular formula is C15H18N4O. The fourth-order valence-electron chi connectivity index (χ4n) is 3.45. The van der Waals surface area contributed by atoms with Crippen LogP contribution in [0.3, 0.4) is 0 Å². The van der Waals surface area contributed by atoms with Crippen molar-refractivity contribution in [1.82, 2.24) is 15.5 Å². The van der Waals surface area contributed by atoms with Crippen LogP contribution >= 0.6 is 0 Å². The van der Waals surface area contributed by atoms with E-state index in [9.17, 15) is 4.79 Å². The van der Waals surface area contributed by atoms with Gasteiger partial charge in [0.25, 0.3) is 0 Å². The first-order chi connectivity index (χ1) is 9.77. The van der Waals surface area contributed by atoms with Crippen LogP contribution < -0.4 is 10.6 Å². The number of amides is 1. The van der Waals surface area contributed by atoms with E-state index in [2.05, 4.69) is 20.8 Å². The van der Waals surface area contributed by atoms with Gasteiger partial charge in [0.15, 0.2) is 0 Å². The molecule has 4 rings (SSSR count). The van der Waals surface area contributed by atoms with Crippen LogP contribution in [0.5, 0.6) is 0 Å². The third-order valence-electron chi connectivity index (χ3n) is 4.81. The predicted octanol–water partition coefficient (Wildman–Crippen LogP) is 1.89. The Labute approximate surface area is 117 Å². The molecule has 0 bridgehead atoms. The summed E-state index contributed by atoms with van der Waals surface area (Å²) in [5, 5.41) is 14.3. The van der Waals surface area contributed by atoms with Crippen LogP contribution in [0.4, 0.5) is 5.69 Å². The molecule has 1 aliphatic heterocycles. The molecule has 1 saturated carbocycles. The van der Waals surface area contributed by atoms with E-state index >= 15 is 0 Å². The van der Waals surface area contributed by atoms with E-state index in [1.807, 2.05) is 18.2 Å². The maximum atomic E-state index is 12.4. The summed E-state index contributed by atoms with van der Waals surface area (Å²) in [5.74, 6) is 0.374. The van der Waals surface area contributed by atoms with E-state index in [1.54, 1.807) is 6.20 Å². The molecule has 2 heterocycles. The number of rotatable bonds is 2. The number of carbonyl (C=O) groups excluding carboxylic acids is 1. The van der Waals surface area contributed by atoms with Crippen LogP contribution in [-0.4, -0.2) is 29.2 Å². The largest absolute Gasteiger partial charge is 0.326 e. The molecule has 1 aromatic carbocycles. The molecule has 1 atom stereocenters. The SMILES string of the molecule is O=C(Nc1ccc2[nH]ncc2c1)C1CC12CCNCC2. The van der Waals surface area contributed by atoms with Crippen LogP contribution in [-0.2, 0) is 4.79 Å². The van der Waals surface area contributed by atoms with Gasteiger partial charge in [-0.3, -0.25) is 9.89 Å². The van der Waals surface area contributed by atoms with Crippen molar-refractivity contribution in [3.05, 3.63) is 24.4 Å². The first-order valence-corrected chi connectivity index (χ1v) is 7.22. The summed E-state index contributed by atoms with van der Waals surface area (Å²) in [5.41, 5.74) is 2.14. The number of aromatic nitrogens is 2. The highest BCUT2D eigenvalue weighted by Crippen LogP contribution is 2.58. The molecule has 1 spiro atoms. The molecule has 1 amide bonds. The number of piperidine rings is 1. The van der Waals surface area contributed by atoms with Crippen LogP contribution in [0.15, 0.2) is 24.4 Å². The molecule has 1 aromatic heterocycles. The van der Waals surface area contributed by atoms with Crippen LogP contribution in [0.2, 0.25) is 0 Å². The monoisotopic (exact) mass is 270 g/mol. The fourth-order valence-corrected chi connectivity index (χ4v) is 3.45. The van der Waals surface area contributed by atoms with E-state index in [0.717, 1.165) is 48.9 Å². The minimum atomic E-state index is 0.176. The minimum absolute atomic E-state index is 0.176. The third-order valence-corrected chi connectivity index (χ3v) is 4.81. The lowest BCUT2D eigenvalue weighted by molar-refractivity contribution is -0.118.